The average molecular weight is 172 g/mol. The second-order valence-electron chi connectivity index (χ2n) is 3.32. The van der Waals surface area contributed by atoms with E-state index in [1.165, 1.54) is 17.6 Å². The molecule has 0 fully saturated rings. The van der Waals surface area contributed by atoms with Crippen molar-refractivity contribution in [1.29, 1.82) is 0 Å². The van der Waals surface area contributed by atoms with Crippen LogP contribution < -0.4 is 0 Å². The Hall–Kier alpha value is -1.44. The third-order valence-electron chi connectivity index (χ3n) is 2.20. The first-order valence-electron chi connectivity index (χ1n) is 4.49. The van der Waals surface area contributed by atoms with Crippen molar-refractivity contribution in [3.63, 3.8) is 0 Å². The van der Waals surface area contributed by atoms with Gasteiger partial charge in [-0.25, -0.2) is 9.97 Å². The van der Waals surface area contributed by atoms with E-state index in [1.807, 2.05) is 12.4 Å². The molecule has 1 aromatic rings. The maximum atomic E-state index is 4.00. The minimum Gasteiger partial charge on any atom is -0.244 e. The summed E-state index contributed by atoms with van der Waals surface area (Å²) in [6.45, 7) is 2.16. The van der Waals surface area contributed by atoms with Crippen LogP contribution in [-0.4, -0.2) is 9.97 Å². The Bertz CT molecular complexity index is 350. The highest BCUT2D eigenvalue weighted by Crippen LogP contribution is 2.23. The number of allylic oxidation sites excluding steroid dienone is 4. The van der Waals surface area contributed by atoms with Crippen molar-refractivity contribution < 1.29 is 0 Å². The van der Waals surface area contributed by atoms with Gasteiger partial charge < -0.3 is 0 Å². The highest BCUT2D eigenvalue weighted by atomic mass is 14.8. The van der Waals surface area contributed by atoms with E-state index < -0.39 is 0 Å². The van der Waals surface area contributed by atoms with Crippen LogP contribution in [0.1, 0.15) is 25.3 Å². The van der Waals surface area contributed by atoms with Gasteiger partial charge in [0.05, 0.1) is 0 Å². The van der Waals surface area contributed by atoms with E-state index in [-0.39, 0.29) is 0 Å². The Labute approximate surface area is 78.0 Å². The van der Waals surface area contributed by atoms with Crippen molar-refractivity contribution >= 4 is 5.57 Å². The Balaban J connectivity index is 2.33. The van der Waals surface area contributed by atoms with Gasteiger partial charge in [0.1, 0.15) is 6.33 Å². The fourth-order valence-corrected chi connectivity index (χ4v) is 1.50. The summed E-state index contributed by atoms with van der Waals surface area (Å²) in [5.74, 6) is 0. The van der Waals surface area contributed by atoms with Crippen molar-refractivity contribution in [3.05, 3.63) is 42.0 Å². The number of nitrogens with zero attached hydrogens (tertiary/aromatic N) is 2. The van der Waals surface area contributed by atoms with Gasteiger partial charge in [-0.15, -0.1) is 0 Å². The molecular formula is C11H12N2. The molecule has 0 bridgehead atoms. The summed E-state index contributed by atoms with van der Waals surface area (Å²) in [4.78, 5) is 8.01. The predicted molar refractivity (Wildman–Crippen MR) is 53.0 cm³/mol. The molecule has 1 aliphatic rings. The summed E-state index contributed by atoms with van der Waals surface area (Å²) in [6, 6.07) is 0. The van der Waals surface area contributed by atoms with Crippen molar-refractivity contribution in [1.82, 2.24) is 9.97 Å². The van der Waals surface area contributed by atoms with Gasteiger partial charge in [-0.1, -0.05) is 17.7 Å². The van der Waals surface area contributed by atoms with Crippen molar-refractivity contribution in [2.45, 2.75) is 19.8 Å². The first-order valence-corrected chi connectivity index (χ1v) is 4.49. The maximum absolute atomic E-state index is 4.00. The quantitative estimate of drug-likeness (QED) is 0.650. The smallest absolute Gasteiger partial charge is 0.115 e. The molecule has 2 heteroatoms. The Morgan fingerprint density at radius 2 is 2.00 bits per heavy atom. The summed E-state index contributed by atoms with van der Waals surface area (Å²) in [5.41, 5.74) is 3.80. The Kier molecular flexibility index (Phi) is 2.21. The van der Waals surface area contributed by atoms with E-state index in [0.717, 1.165) is 12.0 Å². The summed E-state index contributed by atoms with van der Waals surface area (Å²) < 4.78 is 0. The second kappa shape index (κ2) is 3.52. The van der Waals surface area contributed by atoms with Gasteiger partial charge in [-0.3, -0.25) is 0 Å². The van der Waals surface area contributed by atoms with Crippen LogP contribution >= 0.6 is 0 Å². The summed E-state index contributed by atoms with van der Waals surface area (Å²) in [7, 11) is 0. The first kappa shape index (κ1) is 8.17. The van der Waals surface area contributed by atoms with Crippen LogP contribution in [0.4, 0.5) is 0 Å². The zero-order chi connectivity index (χ0) is 9.10. The average Bonchev–Trinajstić information content (AvgIpc) is 2.19. The Morgan fingerprint density at radius 1 is 1.23 bits per heavy atom. The van der Waals surface area contributed by atoms with Gasteiger partial charge in [-0.05, 0) is 25.3 Å². The molecule has 0 radical (unpaired) electrons. The van der Waals surface area contributed by atoms with Crippen LogP contribution in [0.2, 0.25) is 0 Å². The minimum atomic E-state index is 1.11. The van der Waals surface area contributed by atoms with Crippen LogP contribution in [0, 0.1) is 0 Å². The van der Waals surface area contributed by atoms with E-state index in [4.69, 9.17) is 0 Å². The fraction of sp³-hybridized carbons (Fsp3) is 0.273. The van der Waals surface area contributed by atoms with Gasteiger partial charge in [-0.2, -0.15) is 0 Å². The summed E-state index contributed by atoms with van der Waals surface area (Å²) >= 11 is 0. The van der Waals surface area contributed by atoms with E-state index in [0.29, 0.717) is 0 Å². The van der Waals surface area contributed by atoms with Crippen LogP contribution in [0.15, 0.2) is 36.4 Å². The van der Waals surface area contributed by atoms with Crippen LogP contribution in [0.5, 0.6) is 0 Å². The molecule has 0 aliphatic heterocycles. The molecule has 1 aromatic heterocycles. The lowest BCUT2D eigenvalue weighted by Gasteiger charge is -2.09. The standard InChI is InChI=1S/C11H12N2/c1-9-3-2-4-10(5-9)11-6-12-8-13-7-11/h4-8H,2-3H2,1H3. The van der Waals surface area contributed by atoms with E-state index in [2.05, 4.69) is 29.0 Å². The molecule has 0 saturated heterocycles. The molecule has 1 aliphatic carbocycles. The molecule has 1 heterocycles. The lowest BCUT2D eigenvalue weighted by Crippen LogP contribution is -1.91. The van der Waals surface area contributed by atoms with Crippen molar-refractivity contribution in [2.24, 2.45) is 0 Å². The fourth-order valence-electron chi connectivity index (χ4n) is 1.50. The van der Waals surface area contributed by atoms with Gasteiger partial charge in [0.2, 0.25) is 0 Å². The molecule has 0 saturated carbocycles. The molecule has 0 aromatic carbocycles. The topological polar surface area (TPSA) is 25.8 Å². The zero-order valence-corrected chi connectivity index (χ0v) is 7.70. The number of hydrogen-bond donors (Lipinski definition) is 0. The second-order valence-corrected chi connectivity index (χ2v) is 3.32. The SMILES string of the molecule is CC1=CC(c2cncnc2)=CCC1. The lowest BCUT2D eigenvalue weighted by atomic mass is 9.97. The van der Waals surface area contributed by atoms with Crippen molar-refractivity contribution in [2.75, 3.05) is 0 Å². The molecule has 0 unspecified atom stereocenters. The van der Waals surface area contributed by atoms with Gasteiger partial charge in [0.15, 0.2) is 0 Å². The monoisotopic (exact) mass is 172 g/mol. The minimum absolute atomic E-state index is 1.11. The van der Waals surface area contributed by atoms with Crippen LogP contribution in [0.3, 0.4) is 0 Å². The van der Waals surface area contributed by atoms with E-state index in [1.54, 1.807) is 6.33 Å². The van der Waals surface area contributed by atoms with Gasteiger partial charge in [0.25, 0.3) is 0 Å². The number of rotatable bonds is 1. The van der Waals surface area contributed by atoms with Crippen LogP contribution in [0.25, 0.3) is 5.57 Å². The molecule has 0 amide bonds. The lowest BCUT2D eigenvalue weighted by molar-refractivity contribution is 0.964. The first-order chi connectivity index (χ1) is 6.36. The van der Waals surface area contributed by atoms with E-state index in [9.17, 15) is 0 Å². The van der Waals surface area contributed by atoms with Gasteiger partial charge >= 0.3 is 0 Å². The largest absolute Gasteiger partial charge is 0.244 e. The molecule has 0 atom stereocenters. The summed E-state index contributed by atoms with van der Waals surface area (Å²) in [6.07, 6.45) is 12.0. The maximum Gasteiger partial charge on any atom is 0.115 e. The number of aromatic nitrogens is 2. The van der Waals surface area contributed by atoms with Crippen LogP contribution in [-0.2, 0) is 0 Å². The zero-order valence-electron chi connectivity index (χ0n) is 7.70. The molecule has 2 nitrogen and oxygen atoms in total. The molecule has 0 N–H and O–H groups in total. The normalized spacial score (nSPS) is 16.4. The molecule has 66 valence electrons. The third kappa shape index (κ3) is 1.83. The molecular weight excluding hydrogens is 160 g/mol. The molecule has 0 spiro atoms. The highest BCUT2D eigenvalue weighted by molar-refractivity contribution is 5.74. The van der Waals surface area contributed by atoms with Crippen molar-refractivity contribution in [3.8, 4) is 0 Å². The summed E-state index contributed by atoms with van der Waals surface area (Å²) in [5, 5.41) is 0. The number of hydrogen-bond acceptors (Lipinski definition) is 2. The molecule has 2 rings (SSSR count). The van der Waals surface area contributed by atoms with E-state index >= 15 is 0 Å². The third-order valence-corrected chi connectivity index (χ3v) is 2.20. The predicted octanol–water partition coefficient (Wildman–Crippen LogP) is 2.60. The van der Waals surface area contributed by atoms with Gasteiger partial charge in [0, 0.05) is 18.0 Å². The Morgan fingerprint density at radius 3 is 2.69 bits per heavy atom. The molecule has 13 heavy (non-hydrogen) atoms. The highest BCUT2D eigenvalue weighted by Gasteiger charge is 2.03.